The van der Waals surface area contributed by atoms with Gasteiger partial charge in [0.15, 0.2) is 11.5 Å². The summed E-state index contributed by atoms with van der Waals surface area (Å²) in [7, 11) is 0. The summed E-state index contributed by atoms with van der Waals surface area (Å²) in [6.45, 7) is 3.95. The first kappa shape index (κ1) is 16.0. The maximum atomic E-state index is 12.7. The van der Waals surface area contributed by atoms with Gasteiger partial charge in [0.25, 0.3) is 0 Å². The molecule has 2 aliphatic heterocycles. The number of hydrogen-bond acceptors (Lipinski definition) is 4. The zero-order valence-corrected chi connectivity index (χ0v) is 14.5. The van der Waals surface area contributed by atoms with E-state index in [1.807, 2.05) is 47.1 Å². The normalized spacial score (nSPS) is 18.8. The molecule has 2 aromatic rings. The topological polar surface area (TPSA) is 56.6 Å². The van der Waals surface area contributed by atoms with Crippen LogP contribution in [0.4, 0.5) is 0 Å². The maximum Gasteiger partial charge on any atom is 0.231 e. The fourth-order valence-electron chi connectivity index (χ4n) is 3.63. The minimum atomic E-state index is 0.226. The van der Waals surface area contributed by atoms with Crippen molar-refractivity contribution in [2.24, 2.45) is 0 Å². The van der Waals surface area contributed by atoms with Crippen LogP contribution in [-0.2, 0) is 17.8 Å². The van der Waals surface area contributed by atoms with Crippen LogP contribution in [0.1, 0.15) is 30.4 Å². The van der Waals surface area contributed by atoms with Crippen molar-refractivity contribution < 1.29 is 14.3 Å². The Balaban J connectivity index is 1.35. The average Bonchev–Trinajstić information content (AvgIpc) is 3.33. The Kier molecular flexibility index (Phi) is 4.34. The molecular weight excluding hydrogens is 318 g/mol. The summed E-state index contributed by atoms with van der Waals surface area (Å²) in [5.41, 5.74) is 2.26. The lowest BCUT2D eigenvalue weighted by Crippen LogP contribution is -2.38. The second-order valence-corrected chi connectivity index (χ2v) is 6.81. The van der Waals surface area contributed by atoms with E-state index in [0.29, 0.717) is 6.42 Å². The summed E-state index contributed by atoms with van der Waals surface area (Å²) >= 11 is 0. The van der Waals surface area contributed by atoms with E-state index < -0.39 is 0 Å². The van der Waals surface area contributed by atoms with Crippen molar-refractivity contribution in [3.63, 3.8) is 0 Å². The molecule has 6 nitrogen and oxygen atoms in total. The molecule has 0 radical (unpaired) electrons. The molecule has 1 aromatic carbocycles. The molecule has 6 heteroatoms. The Labute approximate surface area is 147 Å². The van der Waals surface area contributed by atoms with Crippen molar-refractivity contribution in [1.29, 1.82) is 0 Å². The van der Waals surface area contributed by atoms with Crippen molar-refractivity contribution in [1.82, 2.24) is 14.7 Å². The summed E-state index contributed by atoms with van der Waals surface area (Å²) in [5, 5.41) is 4.35. The highest BCUT2D eigenvalue weighted by Crippen LogP contribution is 2.33. The van der Waals surface area contributed by atoms with Gasteiger partial charge >= 0.3 is 0 Å². The van der Waals surface area contributed by atoms with Gasteiger partial charge in [0.1, 0.15) is 0 Å². The molecule has 2 aliphatic rings. The van der Waals surface area contributed by atoms with Crippen molar-refractivity contribution in [3.8, 4) is 11.5 Å². The standard InChI is InChI=1S/C19H23N3O3/c1-14-10-20-21(11-14)12-16-3-2-8-22(16)19(23)7-5-15-4-6-17-18(9-15)25-13-24-17/h4,6,9-11,16H,2-3,5,7-8,12-13H2,1H3/t16-/m0/s1. The summed E-state index contributed by atoms with van der Waals surface area (Å²) in [5.74, 6) is 1.78. The highest BCUT2D eigenvalue weighted by atomic mass is 16.7. The minimum Gasteiger partial charge on any atom is -0.454 e. The number of carbonyl (C=O) groups is 1. The summed E-state index contributed by atoms with van der Waals surface area (Å²) in [6, 6.07) is 6.16. The van der Waals surface area contributed by atoms with Gasteiger partial charge < -0.3 is 14.4 Å². The monoisotopic (exact) mass is 341 g/mol. The Morgan fingerprint density at radius 3 is 3.04 bits per heavy atom. The van der Waals surface area contributed by atoms with Crippen molar-refractivity contribution in [3.05, 3.63) is 41.7 Å². The number of aromatic nitrogens is 2. The number of likely N-dealkylation sites (tertiary alicyclic amines) is 1. The van der Waals surface area contributed by atoms with E-state index in [-0.39, 0.29) is 18.7 Å². The van der Waals surface area contributed by atoms with Gasteiger partial charge in [-0.2, -0.15) is 5.10 Å². The lowest BCUT2D eigenvalue weighted by Gasteiger charge is -2.25. The van der Waals surface area contributed by atoms with Crippen molar-refractivity contribution in [2.45, 2.75) is 45.2 Å². The zero-order chi connectivity index (χ0) is 17.2. The number of ether oxygens (including phenoxy) is 2. The highest BCUT2D eigenvalue weighted by molar-refractivity contribution is 5.77. The number of fused-ring (bicyclic) bond motifs is 1. The predicted molar refractivity (Wildman–Crippen MR) is 92.6 cm³/mol. The van der Waals surface area contributed by atoms with Gasteiger partial charge in [0.2, 0.25) is 12.7 Å². The molecule has 1 saturated heterocycles. The molecular formula is C19H23N3O3. The fourth-order valence-corrected chi connectivity index (χ4v) is 3.63. The second kappa shape index (κ2) is 6.78. The Morgan fingerprint density at radius 2 is 2.20 bits per heavy atom. The first-order valence-corrected chi connectivity index (χ1v) is 8.86. The molecule has 0 unspecified atom stereocenters. The minimum absolute atomic E-state index is 0.226. The molecule has 0 N–H and O–H groups in total. The van der Waals surface area contributed by atoms with Crippen LogP contribution in [0.5, 0.6) is 11.5 Å². The SMILES string of the molecule is Cc1cnn(C[C@@H]2CCCN2C(=O)CCc2ccc3c(c2)OCO3)c1. The first-order chi connectivity index (χ1) is 12.2. The lowest BCUT2D eigenvalue weighted by molar-refractivity contribution is -0.132. The molecule has 132 valence electrons. The lowest BCUT2D eigenvalue weighted by atomic mass is 10.1. The van der Waals surface area contributed by atoms with Crippen LogP contribution in [0.15, 0.2) is 30.6 Å². The number of rotatable bonds is 5. The Morgan fingerprint density at radius 1 is 1.32 bits per heavy atom. The van der Waals surface area contributed by atoms with Crippen LogP contribution in [0.25, 0.3) is 0 Å². The average molecular weight is 341 g/mol. The van der Waals surface area contributed by atoms with Gasteiger partial charge in [-0.1, -0.05) is 6.07 Å². The number of amides is 1. The van der Waals surface area contributed by atoms with Crippen LogP contribution in [-0.4, -0.2) is 40.0 Å². The molecule has 0 bridgehead atoms. The number of carbonyl (C=O) groups excluding carboxylic acids is 1. The summed E-state index contributed by atoms with van der Waals surface area (Å²) in [6.07, 6.45) is 7.26. The van der Waals surface area contributed by atoms with Gasteiger partial charge in [-0.25, -0.2) is 0 Å². The van der Waals surface area contributed by atoms with E-state index in [0.717, 1.165) is 55.0 Å². The van der Waals surface area contributed by atoms with E-state index in [2.05, 4.69) is 5.10 Å². The van der Waals surface area contributed by atoms with Crippen LogP contribution in [0, 0.1) is 6.92 Å². The predicted octanol–water partition coefficient (Wildman–Crippen LogP) is 2.54. The molecule has 1 fully saturated rings. The maximum absolute atomic E-state index is 12.7. The first-order valence-electron chi connectivity index (χ1n) is 8.86. The Hall–Kier alpha value is -2.50. The number of aryl methyl sites for hydroxylation is 2. The van der Waals surface area contributed by atoms with Gasteiger partial charge in [-0.05, 0) is 49.4 Å². The van der Waals surface area contributed by atoms with Crippen LogP contribution in [0.2, 0.25) is 0 Å². The molecule has 0 spiro atoms. The third kappa shape index (κ3) is 3.48. The molecule has 1 amide bonds. The molecule has 1 aromatic heterocycles. The van der Waals surface area contributed by atoms with Crippen molar-refractivity contribution >= 4 is 5.91 Å². The number of hydrogen-bond donors (Lipinski definition) is 0. The van der Waals surface area contributed by atoms with Gasteiger partial charge in [0, 0.05) is 19.2 Å². The van der Waals surface area contributed by atoms with Crippen molar-refractivity contribution in [2.75, 3.05) is 13.3 Å². The number of benzene rings is 1. The largest absolute Gasteiger partial charge is 0.454 e. The van der Waals surface area contributed by atoms with Gasteiger partial charge in [-0.15, -0.1) is 0 Å². The zero-order valence-electron chi connectivity index (χ0n) is 14.5. The third-order valence-corrected chi connectivity index (χ3v) is 4.92. The molecule has 3 heterocycles. The molecule has 1 atom stereocenters. The molecule has 0 saturated carbocycles. The number of nitrogens with zero attached hydrogens (tertiary/aromatic N) is 3. The third-order valence-electron chi connectivity index (χ3n) is 4.92. The Bertz CT molecular complexity index is 771. The molecule has 4 rings (SSSR count). The van der Waals surface area contributed by atoms with Crippen LogP contribution in [0.3, 0.4) is 0 Å². The van der Waals surface area contributed by atoms with E-state index >= 15 is 0 Å². The van der Waals surface area contributed by atoms with E-state index in [9.17, 15) is 4.79 Å². The van der Waals surface area contributed by atoms with E-state index in [4.69, 9.17) is 9.47 Å². The van der Waals surface area contributed by atoms with Gasteiger partial charge in [0.05, 0.1) is 18.8 Å². The smallest absolute Gasteiger partial charge is 0.231 e. The second-order valence-electron chi connectivity index (χ2n) is 6.81. The fraction of sp³-hybridized carbons (Fsp3) is 0.474. The van der Waals surface area contributed by atoms with Gasteiger partial charge in [-0.3, -0.25) is 9.48 Å². The van der Waals surface area contributed by atoms with Crippen LogP contribution >= 0.6 is 0 Å². The molecule has 25 heavy (non-hydrogen) atoms. The summed E-state index contributed by atoms with van der Waals surface area (Å²) in [4.78, 5) is 14.7. The highest BCUT2D eigenvalue weighted by Gasteiger charge is 2.28. The van der Waals surface area contributed by atoms with E-state index in [1.54, 1.807) is 0 Å². The summed E-state index contributed by atoms with van der Waals surface area (Å²) < 4.78 is 12.7. The van der Waals surface area contributed by atoms with Crippen LogP contribution < -0.4 is 9.47 Å². The molecule has 0 aliphatic carbocycles. The quantitative estimate of drug-likeness (QED) is 0.839. The van der Waals surface area contributed by atoms with E-state index in [1.165, 1.54) is 0 Å².